The summed E-state index contributed by atoms with van der Waals surface area (Å²) in [6.07, 6.45) is -4.42. The molecule has 150 valence electrons. The first-order chi connectivity index (χ1) is 13.7. The second-order valence-electron chi connectivity index (χ2n) is 6.09. The van der Waals surface area contributed by atoms with Gasteiger partial charge in [-0.3, -0.25) is 4.79 Å². The number of aryl methyl sites for hydroxylation is 1. The fraction of sp³-hybridized carbons (Fsp3) is 0.150. The number of rotatable bonds is 5. The van der Waals surface area contributed by atoms with E-state index in [1.165, 1.54) is 18.2 Å². The molecule has 1 heterocycles. The highest BCUT2D eigenvalue weighted by Crippen LogP contribution is 2.30. The summed E-state index contributed by atoms with van der Waals surface area (Å²) < 4.78 is 43.5. The molecule has 5 nitrogen and oxygen atoms in total. The van der Waals surface area contributed by atoms with Gasteiger partial charge in [-0.1, -0.05) is 23.7 Å². The number of ether oxygens (including phenoxy) is 1. The van der Waals surface area contributed by atoms with E-state index in [0.717, 1.165) is 12.1 Å². The number of alkyl halides is 3. The zero-order valence-electron chi connectivity index (χ0n) is 15.1. The van der Waals surface area contributed by atoms with Crippen molar-refractivity contribution in [3.63, 3.8) is 0 Å². The second-order valence-corrected chi connectivity index (χ2v) is 6.53. The molecule has 0 saturated heterocycles. The van der Waals surface area contributed by atoms with Gasteiger partial charge in [-0.25, -0.2) is 4.98 Å². The van der Waals surface area contributed by atoms with Gasteiger partial charge >= 0.3 is 6.18 Å². The van der Waals surface area contributed by atoms with E-state index in [2.05, 4.69) is 15.3 Å². The van der Waals surface area contributed by atoms with Crippen LogP contribution in [-0.2, 0) is 11.0 Å². The summed E-state index contributed by atoms with van der Waals surface area (Å²) in [7, 11) is 0. The van der Waals surface area contributed by atoms with Crippen molar-refractivity contribution >= 4 is 23.2 Å². The van der Waals surface area contributed by atoms with Crippen molar-refractivity contribution in [2.45, 2.75) is 13.1 Å². The summed E-state index contributed by atoms with van der Waals surface area (Å²) in [5.41, 5.74) is 0.747. The highest BCUT2D eigenvalue weighted by atomic mass is 35.5. The van der Waals surface area contributed by atoms with Crippen LogP contribution in [0.3, 0.4) is 0 Å². The number of carbonyl (C=O) groups excluding carboxylic acids is 1. The number of halogens is 4. The van der Waals surface area contributed by atoms with Gasteiger partial charge in [0.05, 0.1) is 5.56 Å². The van der Waals surface area contributed by atoms with Gasteiger partial charge in [0.15, 0.2) is 12.4 Å². The van der Waals surface area contributed by atoms with E-state index in [-0.39, 0.29) is 18.3 Å². The number of nitrogens with zero attached hydrogens (tertiary/aromatic N) is 2. The lowest BCUT2D eigenvalue weighted by Crippen LogP contribution is -2.20. The maximum atomic E-state index is 12.7. The first-order valence-electron chi connectivity index (χ1n) is 8.42. The molecule has 0 bridgehead atoms. The molecule has 0 saturated carbocycles. The van der Waals surface area contributed by atoms with Crippen molar-refractivity contribution in [1.29, 1.82) is 0 Å². The third kappa shape index (κ3) is 5.68. The van der Waals surface area contributed by atoms with Crippen LogP contribution in [0.15, 0.2) is 54.6 Å². The molecule has 0 aliphatic carbocycles. The molecule has 2 aromatic carbocycles. The Hall–Kier alpha value is -3.13. The van der Waals surface area contributed by atoms with Gasteiger partial charge in [-0.2, -0.15) is 18.2 Å². The summed E-state index contributed by atoms with van der Waals surface area (Å²) in [4.78, 5) is 20.4. The molecule has 1 N–H and O–H groups in total. The summed E-state index contributed by atoms with van der Waals surface area (Å²) in [5, 5.41) is 3.20. The number of carbonyl (C=O) groups is 1. The fourth-order valence-electron chi connectivity index (χ4n) is 2.42. The average Bonchev–Trinajstić information content (AvgIpc) is 2.67. The molecule has 1 aromatic heterocycles. The van der Waals surface area contributed by atoms with Crippen LogP contribution in [0.4, 0.5) is 18.9 Å². The molecule has 0 radical (unpaired) electrons. The van der Waals surface area contributed by atoms with Crippen LogP contribution < -0.4 is 10.1 Å². The summed E-state index contributed by atoms with van der Waals surface area (Å²) in [5.74, 6) is -0.0647. The van der Waals surface area contributed by atoms with Gasteiger partial charge in [-0.15, -0.1) is 0 Å². The summed E-state index contributed by atoms with van der Waals surface area (Å²) in [6.45, 7) is 1.39. The monoisotopic (exact) mass is 421 g/mol. The Morgan fingerprint density at radius 3 is 2.34 bits per heavy atom. The van der Waals surface area contributed by atoms with Gasteiger partial charge in [0.1, 0.15) is 0 Å². The van der Waals surface area contributed by atoms with E-state index >= 15 is 0 Å². The van der Waals surface area contributed by atoms with Gasteiger partial charge in [-0.05, 0) is 43.3 Å². The van der Waals surface area contributed by atoms with Crippen molar-refractivity contribution in [1.82, 2.24) is 9.97 Å². The van der Waals surface area contributed by atoms with Crippen molar-refractivity contribution in [3.8, 4) is 17.3 Å². The zero-order chi connectivity index (χ0) is 21.0. The minimum absolute atomic E-state index is 0.138. The summed E-state index contributed by atoms with van der Waals surface area (Å²) in [6, 6.07) is 12.6. The first-order valence-corrected chi connectivity index (χ1v) is 8.80. The molecule has 3 rings (SSSR count). The van der Waals surface area contributed by atoms with Gasteiger partial charge < -0.3 is 10.1 Å². The van der Waals surface area contributed by atoms with Crippen molar-refractivity contribution in [2.24, 2.45) is 0 Å². The highest BCUT2D eigenvalue weighted by molar-refractivity contribution is 6.30. The maximum Gasteiger partial charge on any atom is 0.416 e. The zero-order valence-corrected chi connectivity index (χ0v) is 15.9. The van der Waals surface area contributed by atoms with Gasteiger partial charge in [0.25, 0.3) is 5.91 Å². The summed E-state index contributed by atoms with van der Waals surface area (Å²) >= 11 is 5.79. The van der Waals surface area contributed by atoms with Crippen molar-refractivity contribution in [3.05, 3.63) is 70.9 Å². The first kappa shape index (κ1) is 20.6. The standard InChI is InChI=1S/C20H15ClF3N3O2/c1-12-10-18(29-11-17(28)26-16-8-6-15(21)7-9-16)27-19(25-12)13-2-4-14(5-3-13)20(22,23)24/h2-10H,11H2,1H3,(H,26,28). The number of hydrogen-bond acceptors (Lipinski definition) is 4. The van der Waals surface area contributed by atoms with E-state index in [0.29, 0.717) is 22.0 Å². The Labute approximate surface area is 169 Å². The van der Waals surface area contributed by atoms with E-state index in [1.807, 2.05) is 0 Å². The average molecular weight is 422 g/mol. The predicted molar refractivity (Wildman–Crippen MR) is 103 cm³/mol. The lowest BCUT2D eigenvalue weighted by Gasteiger charge is -2.10. The molecule has 0 aliphatic rings. The van der Waals surface area contributed by atoms with Crippen LogP contribution in [0.25, 0.3) is 11.4 Å². The third-order valence-electron chi connectivity index (χ3n) is 3.78. The van der Waals surface area contributed by atoms with Gasteiger partial charge in [0.2, 0.25) is 5.88 Å². The molecule has 29 heavy (non-hydrogen) atoms. The number of hydrogen-bond donors (Lipinski definition) is 1. The van der Waals surface area contributed by atoms with E-state index in [9.17, 15) is 18.0 Å². The van der Waals surface area contributed by atoms with Crippen LogP contribution in [0, 0.1) is 6.92 Å². The smallest absolute Gasteiger partial charge is 0.416 e. The number of aromatic nitrogens is 2. The quantitative estimate of drug-likeness (QED) is 0.619. The van der Waals surface area contributed by atoms with Crippen LogP contribution in [0.1, 0.15) is 11.3 Å². The third-order valence-corrected chi connectivity index (χ3v) is 4.03. The number of amides is 1. The van der Waals surface area contributed by atoms with Crippen LogP contribution in [-0.4, -0.2) is 22.5 Å². The van der Waals surface area contributed by atoms with E-state index in [4.69, 9.17) is 16.3 Å². The predicted octanol–water partition coefficient (Wildman–Crippen LogP) is 5.14. The Balaban J connectivity index is 1.68. The van der Waals surface area contributed by atoms with Gasteiger partial charge in [0, 0.05) is 28.0 Å². The second kappa shape index (κ2) is 8.48. The van der Waals surface area contributed by atoms with Crippen LogP contribution in [0.5, 0.6) is 5.88 Å². The van der Waals surface area contributed by atoms with E-state index in [1.54, 1.807) is 31.2 Å². The molecule has 0 spiro atoms. The molecule has 0 aliphatic heterocycles. The molecule has 9 heteroatoms. The maximum absolute atomic E-state index is 12.7. The lowest BCUT2D eigenvalue weighted by molar-refractivity contribution is -0.137. The van der Waals surface area contributed by atoms with E-state index < -0.39 is 17.6 Å². The molecule has 3 aromatic rings. The molecule has 0 fully saturated rings. The number of nitrogens with one attached hydrogen (secondary N) is 1. The van der Waals surface area contributed by atoms with Crippen molar-refractivity contribution < 1.29 is 22.7 Å². The molecular formula is C20H15ClF3N3O2. The Morgan fingerprint density at radius 1 is 1.07 bits per heavy atom. The topological polar surface area (TPSA) is 64.1 Å². The van der Waals surface area contributed by atoms with Crippen LogP contribution >= 0.6 is 11.6 Å². The normalized spacial score (nSPS) is 11.2. The number of benzene rings is 2. The highest BCUT2D eigenvalue weighted by Gasteiger charge is 2.30. The Kier molecular flexibility index (Phi) is 6.03. The SMILES string of the molecule is Cc1cc(OCC(=O)Nc2ccc(Cl)cc2)nc(-c2ccc(C(F)(F)F)cc2)n1. The minimum Gasteiger partial charge on any atom is -0.467 e. The molecule has 0 atom stereocenters. The molecule has 1 amide bonds. The Bertz CT molecular complexity index is 1010. The largest absolute Gasteiger partial charge is 0.467 e. The Morgan fingerprint density at radius 2 is 1.72 bits per heavy atom. The molecular weight excluding hydrogens is 407 g/mol. The number of anilines is 1. The fourth-order valence-corrected chi connectivity index (χ4v) is 2.55. The van der Waals surface area contributed by atoms with Crippen molar-refractivity contribution in [2.75, 3.05) is 11.9 Å². The lowest BCUT2D eigenvalue weighted by atomic mass is 10.1. The minimum atomic E-state index is -4.42. The van der Waals surface area contributed by atoms with Crippen LogP contribution in [0.2, 0.25) is 5.02 Å². The molecule has 0 unspecified atom stereocenters.